The number of aliphatic hydroxyl groups is 1. The molecule has 19 heavy (non-hydrogen) atoms. The van der Waals surface area contributed by atoms with E-state index in [1.54, 1.807) is 0 Å². The number of ether oxygens (including phenoxy) is 1. The highest BCUT2D eigenvalue weighted by Crippen LogP contribution is 2.26. The highest BCUT2D eigenvalue weighted by Gasteiger charge is 2.15. The van der Waals surface area contributed by atoms with E-state index in [-0.39, 0.29) is 5.75 Å². The summed E-state index contributed by atoms with van der Waals surface area (Å²) >= 11 is 0. The molecule has 0 saturated carbocycles. The standard InChI is InChI=1S/C14H20FNO3/c1-3-4-7-16-9-13(18)12-6-5-11(15)8-14(12)19-10(2)17/h5-6,8,13,16,18H,3-4,7,9H2,1-2H3/t13-/m0/s1. The van der Waals surface area contributed by atoms with Crippen LogP contribution in [0.15, 0.2) is 18.2 Å². The molecule has 0 radical (unpaired) electrons. The predicted molar refractivity (Wildman–Crippen MR) is 70.4 cm³/mol. The van der Waals surface area contributed by atoms with Gasteiger partial charge < -0.3 is 15.2 Å². The van der Waals surface area contributed by atoms with E-state index in [1.165, 1.54) is 19.1 Å². The van der Waals surface area contributed by atoms with E-state index in [9.17, 15) is 14.3 Å². The third-order valence-electron chi connectivity index (χ3n) is 2.63. The summed E-state index contributed by atoms with van der Waals surface area (Å²) in [4.78, 5) is 11.0. The summed E-state index contributed by atoms with van der Waals surface area (Å²) in [6.07, 6.45) is 1.25. The van der Waals surface area contributed by atoms with Gasteiger partial charge in [0.1, 0.15) is 11.6 Å². The first-order valence-corrected chi connectivity index (χ1v) is 6.41. The number of unbranched alkanes of at least 4 members (excludes halogenated alkanes) is 1. The van der Waals surface area contributed by atoms with Crippen molar-refractivity contribution in [3.63, 3.8) is 0 Å². The molecule has 5 heteroatoms. The van der Waals surface area contributed by atoms with E-state index < -0.39 is 17.9 Å². The van der Waals surface area contributed by atoms with Gasteiger partial charge in [0, 0.05) is 25.1 Å². The molecule has 0 aliphatic heterocycles. The molecule has 0 bridgehead atoms. The molecule has 106 valence electrons. The second-order valence-electron chi connectivity index (χ2n) is 4.35. The zero-order chi connectivity index (χ0) is 14.3. The molecule has 0 aromatic heterocycles. The fraction of sp³-hybridized carbons (Fsp3) is 0.500. The van der Waals surface area contributed by atoms with Crippen molar-refractivity contribution >= 4 is 5.97 Å². The maximum absolute atomic E-state index is 13.1. The van der Waals surface area contributed by atoms with Crippen LogP contribution in [-0.2, 0) is 4.79 Å². The van der Waals surface area contributed by atoms with E-state index in [0.29, 0.717) is 12.1 Å². The lowest BCUT2D eigenvalue weighted by Crippen LogP contribution is -2.23. The van der Waals surface area contributed by atoms with Crippen molar-refractivity contribution in [2.24, 2.45) is 0 Å². The van der Waals surface area contributed by atoms with Gasteiger partial charge in [-0.2, -0.15) is 0 Å². The Labute approximate surface area is 112 Å². The molecule has 1 rings (SSSR count). The first-order chi connectivity index (χ1) is 9.04. The summed E-state index contributed by atoms with van der Waals surface area (Å²) in [6.45, 7) is 4.45. The Morgan fingerprint density at radius 2 is 2.26 bits per heavy atom. The average Bonchev–Trinajstić information content (AvgIpc) is 2.34. The molecular weight excluding hydrogens is 249 g/mol. The number of aliphatic hydroxyl groups excluding tert-OH is 1. The van der Waals surface area contributed by atoms with Crippen LogP contribution in [0.4, 0.5) is 4.39 Å². The van der Waals surface area contributed by atoms with E-state index >= 15 is 0 Å². The van der Waals surface area contributed by atoms with Crippen LogP contribution < -0.4 is 10.1 Å². The van der Waals surface area contributed by atoms with Crippen LogP contribution >= 0.6 is 0 Å². The Balaban J connectivity index is 2.71. The lowest BCUT2D eigenvalue weighted by atomic mass is 10.1. The summed E-state index contributed by atoms with van der Waals surface area (Å²) in [5.41, 5.74) is 0.403. The first kappa shape index (κ1) is 15.6. The second kappa shape index (κ2) is 7.86. The van der Waals surface area contributed by atoms with Crippen molar-refractivity contribution in [1.29, 1.82) is 0 Å². The molecule has 1 atom stereocenters. The summed E-state index contributed by atoms with van der Waals surface area (Å²) < 4.78 is 18.0. The van der Waals surface area contributed by atoms with Crippen LogP contribution in [0.5, 0.6) is 5.75 Å². The maximum Gasteiger partial charge on any atom is 0.308 e. The zero-order valence-corrected chi connectivity index (χ0v) is 11.3. The van der Waals surface area contributed by atoms with Crippen LogP contribution in [0, 0.1) is 5.82 Å². The lowest BCUT2D eigenvalue weighted by molar-refractivity contribution is -0.132. The van der Waals surface area contributed by atoms with Gasteiger partial charge in [-0.1, -0.05) is 13.3 Å². The highest BCUT2D eigenvalue weighted by molar-refractivity contribution is 5.69. The zero-order valence-electron chi connectivity index (χ0n) is 11.3. The Bertz CT molecular complexity index is 423. The normalized spacial score (nSPS) is 12.2. The number of hydrogen-bond acceptors (Lipinski definition) is 4. The quantitative estimate of drug-likeness (QED) is 0.452. The van der Waals surface area contributed by atoms with Crippen molar-refractivity contribution in [2.75, 3.05) is 13.1 Å². The minimum absolute atomic E-state index is 0.0669. The van der Waals surface area contributed by atoms with Crippen LogP contribution in [0.2, 0.25) is 0 Å². The highest BCUT2D eigenvalue weighted by atomic mass is 19.1. The Morgan fingerprint density at radius 1 is 1.53 bits per heavy atom. The number of hydrogen-bond donors (Lipinski definition) is 2. The van der Waals surface area contributed by atoms with Crippen molar-refractivity contribution in [3.05, 3.63) is 29.6 Å². The van der Waals surface area contributed by atoms with Gasteiger partial charge in [-0.05, 0) is 25.1 Å². The Kier molecular flexibility index (Phi) is 6.45. The molecule has 4 nitrogen and oxygen atoms in total. The number of benzene rings is 1. The molecule has 0 heterocycles. The number of carbonyl (C=O) groups excluding carboxylic acids is 1. The number of carbonyl (C=O) groups is 1. The molecule has 0 fully saturated rings. The Morgan fingerprint density at radius 3 is 2.89 bits per heavy atom. The minimum atomic E-state index is -0.841. The van der Waals surface area contributed by atoms with E-state index in [0.717, 1.165) is 25.5 Å². The third-order valence-corrected chi connectivity index (χ3v) is 2.63. The van der Waals surface area contributed by atoms with Gasteiger partial charge in [0.05, 0.1) is 6.10 Å². The van der Waals surface area contributed by atoms with E-state index in [1.807, 2.05) is 0 Å². The van der Waals surface area contributed by atoms with Crippen LogP contribution in [0.1, 0.15) is 38.4 Å². The topological polar surface area (TPSA) is 58.6 Å². The van der Waals surface area contributed by atoms with Gasteiger partial charge in [-0.25, -0.2) is 4.39 Å². The van der Waals surface area contributed by atoms with Crippen molar-refractivity contribution < 1.29 is 19.0 Å². The summed E-state index contributed by atoms with van der Waals surface area (Å²) in [5.74, 6) is -0.985. The van der Waals surface area contributed by atoms with Crippen LogP contribution in [0.3, 0.4) is 0 Å². The molecular formula is C14H20FNO3. The molecule has 0 spiro atoms. The maximum atomic E-state index is 13.1. The second-order valence-corrected chi connectivity index (χ2v) is 4.35. The van der Waals surface area contributed by atoms with Gasteiger partial charge in [0.15, 0.2) is 0 Å². The van der Waals surface area contributed by atoms with Crippen molar-refractivity contribution in [2.45, 2.75) is 32.8 Å². The lowest BCUT2D eigenvalue weighted by Gasteiger charge is -2.15. The molecule has 0 unspecified atom stereocenters. The van der Waals surface area contributed by atoms with Gasteiger partial charge in [-0.15, -0.1) is 0 Å². The number of rotatable bonds is 7. The van der Waals surface area contributed by atoms with Gasteiger partial charge >= 0.3 is 5.97 Å². The van der Waals surface area contributed by atoms with Gasteiger partial charge in [0.2, 0.25) is 0 Å². The molecule has 0 aliphatic carbocycles. The monoisotopic (exact) mass is 269 g/mol. The van der Waals surface area contributed by atoms with Crippen LogP contribution in [-0.4, -0.2) is 24.2 Å². The smallest absolute Gasteiger partial charge is 0.308 e. The average molecular weight is 269 g/mol. The largest absolute Gasteiger partial charge is 0.426 e. The van der Waals surface area contributed by atoms with Crippen molar-refractivity contribution in [1.82, 2.24) is 5.32 Å². The number of esters is 1. The molecule has 2 N–H and O–H groups in total. The molecule has 0 aliphatic rings. The number of halogens is 1. The van der Waals surface area contributed by atoms with E-state index in [2.05, 4.69) is 12.2 Å². The molecule has 1 aromatic carbocycles. The first-order valence-electron chi connectivity index (χ1n) is 6.41. The van der Waals surface area contributed by atoms with E-state index in [4.69, 9.17) is 4.74 Å². The molecule has 0 amide bonds. The summed E-state index contributed by atoms with van der Waals surface area (Å²) in [7, 11) is 0. The fourth-order valence-electron chi connectivity index (χ4n) is 1.68. The molecule has 0 saturated heterocycles. The van der Waals surface area contributed by atoms with Gasteiger partial charge in [0.25, 0.3) is 0 Å². The summed E-state index contributed by atoms with van der Waals surface area (Å²) in [5, 5.41) is 13.1. The van der Waals surface area contributed by atoms with Gasteiger partial charge in [-0.3, -0.25) is 4.79 Å². The minimum Gasteiger partial charge on any atom is -0.426 e. The third kappa shape index (κ3) is 5.36. The predicted octanol–water partition coefficient (Wildman–Crippen LogP) is 2.17. The number of nitrogens with one attached hydrogen (secondary N) is 1. The fourth-order valence-corrected chi connectivity index (χ4v) is 1.68. The Hall–Kier alpha value is -1.46. The molecule has 1 aromatic rings. The summed E-state index contributed by atoms with van der Waals surface area (Å²) in [6, 6.07) is 3.77. The SMILES string of the molecule is CCCCNC[C@H](O)c1ccc(F)cc1OC(C)=O. The van der Waals surface area contributed by atoms with Crippen LogP contribution in [0.25, 0.3) is 0 Å². The van der Waals surface area contributed by atoms with Crippen molar-refractivity contribution in [3.8, 4) is 5.75 Å².